The molecule has 3 heteroatoms. The van der Waals surface area contributed by atoms with Gasteiger partial charge in [-0.25, -0.2) is 0 Å². The van der Waals surface area contributed by atoms with Crippen LogP contribution < -0.4 is 0 Å². The van der Waals surface area contributed by atoms with Gasteiger partial charge in [-0.3, -0.25) is 0 Å². The Morgan fingerprint density at radius 1 is 0.714 bits per heavy atom. The minimum atomic E-state index is 0.550. The zero-order valence-corrected chi connectivity index (χ0v) is 20.4. The first-order chi connectivity index (χ1) is 13.7. The number of hydrogen-bond acceptors (Lipinski definition) is 3. The second-order valence-corrected chi connectivity index (χ2v) is 10.1. The fourth-order valence-corrected chi connectivity index (χ4v) is 5.31. The van der Waals surface area contributed by atoms with Crippen LogP contribution in [0.3, 0.4) is 0 Å². The van der Waals surface area contributed by atoms with Crippen molar-refractivity contribution in [3.05, 3.63) is 33.3 Å². The van der Waals surface area contributed by atoms with Crippen LogP contribution in [0.4, 0.5) is 0 Å². The van der Waals surface area contributed by atoms with Crippen LogP contribution in [0.15, 0.2) is 33.3 Å². The first-order valence-electron chi connectivity index (χ1n) is 11.7. The molecular weight excluding hydrogens is 380 g/mol. The van der Waals surface area contributed by atoms with Crippen LogP contribution in [0.2, 0.25) is 0 Å². The van der Waals surface area contributed by atoms with Gasteiger partial charge in [0.25, 0.3) is 0 Å². The van der Waals surface area contributed by atoms with Crippen LogP contribution in [-0.4, -0.2) is 16.6 Å². The van der Waals surface area contributed by atoms with E-state index in [1.54, 1.807) is 0 Å². The van der Waals surface area contributed by atoms with Crippen LogP contribution in [-0.2, 0) is 0 Å². The predicted octanol–water partition coefficient (Wildman–Crippen LogP) is 9.57. The summed E-state index contributed by atoms with van der Waals surface area (Å²) in [7, 11) is 0. The van der Waals surface area contributed by atoms with Crippen LogP contribution >= 0.6 is 23.5 Å². The second-order valence-electron chi connectivity index (χ2n) is 8.18. The van der Waals surface area contributed by atoms with Crippen LogP contribution in [0.25, 0.3) is 0 Å². The Morgan fingerprint density at radius 2 is 1.21 bits per heavy atom. The molecule has 1 aliphatic rings. The van der Waals surface area contributed by atoms with Gasteiger partial charge < -0.3 is 5.11 Å². The Balaban J connectivity index is 2.28. The van der Waals surface area contributed by atoms with E-state index in [0.29, 0.717) is 5.76 Å². The van der Waals surface area contributed by atoms with Gasteiger partial charge in [-0.1, -0.05) is 83.6 Å². The van der Waals surface area contributed by atoms with Crippen molar-refractivity contribution >= 4 is 23.5 Å². The predicted molar refractivity (Wildman–Crippen MR) is 132 cm³/mol. The summed E-state index contributed by atoms with van der Waals surface area (Å²) in [6, 6.07) is 0. The third-order valence-electron chi connectivity index (χ3n) is 5.33. The summed E-state index contributed by atoms with van der Waals surface area (Å²) in [5.41, 5.74) is 3.73. The molecule has 0 saturated heterocycles. The zero-order chi connectivity index (χ0) is 20.5. The molecule has 0 aromatic heterocycles. The van der Waals surface area contributed by atoms with Crippen molar-refractivity contribution in [1.29, 1.82) is 0 Å². The Kier molecular flexibility index (Phi) is 16.2. The molecule has 1 nitrogen and oxygen atoms in total. The molecule has 1 N–H and O–H groups in total. The van der Waals surface area contributed by atoms with Crippen LogP contribution in [0.5, 0.6) is 0 Å². The molecule has 0 fully saturated rings. The SMILES string of the molecule is CCCCCCCCSC=C1CC(=CSCCCCCCCC)C(O)=C(C)C1. The Bertz CT molecular complexity index is 491. The van der Waals surface area contributed by atoms with E-state index < -0.39 is 0 Å². The second kappa shape index (κ2) is 17.6. The van der Waals surface area contributed by atoms with Crippen molar-refractivity contribution in [2.24, 2.45) is 0 Å². The Hall–Kier alpha value is -0.280. The lowest BCUT2D eigenvalue weighted by Gasteiger charge is -2.19. The molecule has 162 valence electrons. The number of aliphatic hydroxyl groups is 1. The van der Waals surface area contributed by atoms with Crippen LogP contribution in [0, 0.1) is 0 Å². The Morgan fingerprint density at radius 3 is 1.79 bits per heavy atom. The average molecular weight is 425 g/mol. The molecule has 0 aromatic carbocycles. The number of hydrogen-bond donors (Lipinski definition) is 1. The van der Waals surface area contributed by atoms with Gasteiger partial charge in [0.05, 0.1) is 0 Å². The largest absolute Gasteiger partial charge is 0.508 e. The maximum Gasteiger partial charge on any atom is 0.118 e. The topological polar surface area (TPSA) is 20.2 Å². The average Bonchev–Trinajstić information content (AvgIpc) is 2.69. The highest BCUT2D eigenvalue weighted by molar-refractivity contribution is 8.02. The van der Waals surface area contributed by atoms with E-state index in [-0.39, 0.29) is 0 Å². The van der Waals surface area contributed by atoms with Crippen molar-refractivity contribution in [2.75, 3.05) is 11.5 Å². The molecule has 0 aliphatic heterocycles. The van der Waals surface area contributed by atoms with E-state index in [1.807, 2.05) is 23.5 Å². The molecule has 1 aliphatic carbocycles. The molecule has 0 unspecified atom stereocenters. The van der Waals surface area contributed by atoms with Crippen molar-refractivity contribution < 1.29 is 5.11 Å². The van der Waals surface area contributed by atoms with E-state index in [1.165, 1.54) is 94.1 Å². The zero-order valence-electron chi connectivity index (χ0n) is 18.7. The quantitative estimate of drug-likeness (QED) is 0.249. The number of allylic oxidation sites excluding steroid dienone is 3. The highest BCUT2D eigenvalue weighted by Crippen LogP contribution is 2.34. The summed E-state index contributed by atoms with van der Waals surface area (Å²) in [5, 5.41) is 15.0. The van der Waals surface area contributed by atoms with Gasteiger partial charge in [-0.2, -0.15) is 0 Å². The minimum absolute atomic E-state index is 0.550. The summed E-state index contributed by atoms with van der Waals surface area (Å²) in [5.74, 6) is 2.96. The van der Waals surface area contributed by atoms with Gasteiger partial charge in [-0.15, -0.1) is 23.5 Å². The fraction of sp³-hybridized carbons (Fsp3) is 0.760. The molecular formula is C25H44OS2. The van der Waals surface area contributed by atoms with Gasteiger partial charge in [0.15, 0.2) is 0 Å². The first-order valence-corrected chi connectivity index (χ1v) is 13.8. The molecule has 0 saturated carbocycles. The van der Waals surface area contributed by atoms with Gasteiger partial charge in [0.1, 0.15) is 5.76 Å². The van der Waals surface area contributed by atoms with Crippen molar-refractivity contribution in [3.8, 4) is 0 Å². The maximum atomic E-state index is 10.4. The smallest absolute Gasteiger partial charge is 0.118 e. The first kappa shape index (κ1) is 25.8. The van der Waals surface area contributed by atoms with E-state index in [0.717, 1.165) is 24.0 Å². The lowest BCUT2D eigenvalue weighted by Crippen LogP contribution is -2.03. The molecule has 0 spiro atoms. The van der Waals surface area contributed by atoms with Gasteiger partial charge >= 0.3 is 0 Å². The standard InChI is InChI=1S/C25H44OS2/c1-4-6-8-10-12-14-16-27-20-23-18-22(3)25(26)24(19-23)21-28-17-15-13-11-9-7-5-2/h20-21,26H,4-19H2,1-3H3. The van der Waals surface area contributed by atoms with Crippen molar-refractivity contribution in [1.82, 2.24) is 0 Å². The van der Waals surface area contributed by atoms with Gasteiger partial charge in [-0.05, 0) is 60.5 Å². The third kappa shape index (κ3) is 12.3. The van der Waals surface area contributed by atoms with E-state index in [2.05, 4.69) is 31.6 Å². The monoisotopic (exact) mass is 424 g/mol. The number of rotatable bonds is 16. The molecule has 28 heavy (non-hydrogen) atoms. The molecule has 0 aromatic rings. The molecule has 0 amide bonds. The molecule has 0 atom stereocenters. The Labute approximate surface area is 183 Å². The van der Waals surface area contributed by atoms with E-state index >= 15 is 0 Å². The summed E-state index contributed by atoms with van der Waals surface area (Å²) in [6.07, 6.45) is 18.2. The van der Waals surface area contributed by atoms with E-state index in [4.69, 9.17) is 0 Å². The van der Waals surface area contributed by atoms with Crippen LogP contribution in [0.1, 0.15) is 111 Å². The number of aliphatic hydroxyl groups excluding tert-OH is 1. The van der Waals surface area contributed by atoms with Gasteiger partial charge in [0, 0.05) is 5.57 Å². The lowest BCUT2D eigenvalue weighted by molar-refractivity contribution is 0.407. The van der Waals surface area contributed by atoms with E-state index in [9.17, 15) is 5.11 Å². The van der Waals surface area contributed by atoms with Crippen molar-refractivity contribution in [2.45, 2.75) is 111 Å². The summed E-state index contributed by atoms with van der Waals surface area (Å²) < 4.78 is 0. The highest BCUT2D eigenvalue weighted by atomic mass is 32.2. The normalized spacial score (nSPS) is 17.8. The fourth-order valence-electron chi connectivity index (χ4n) is 3.54. The number of unbranched alkanes of at least 4 members (excludes halogenated alkanes) is 10. The molecule has 1 rings (SSSR count). The summed E-state index contributed by atoms with van der Waals surface area (Å²) >= 11 is 3.85. The molecule has 0 heterocycles. The summed E-state index contributed by atoms with van der Waals surface area (Å²) in [6.45, 7) is 6.62. The molecule has 0 bridgehead atoms. The maximum absolute atomic E-state index is 10.4. The minimum Gasteiger partial charge on any atom is -0.508 e. The van der Waals surface area contributed by atoms with Gasteiger partial charge in [0.2, 0.25) is 0 Å². The summed E-state index contributed by atoms with van der Waals surface area (Å²) in [4.78, 5) is 0. The lowest BCUT2D eigenvalue weighted by atomic mass is 9.92. The number of thioether (sulfide) groups is 2. The highest BCUT2D eigenvalue weighted by Gasteiger charge is 2.17. The molecule has 0 radical (unpaired) electrons. The van der Waals surface area contributed by atoms with Crippen molar-refractivity contribution in [3.63, 3.8) is 0 Å². The third-order valence-corrected chi connectivity index (χ3v) is 7.33.